The standard InChI is InChI=1S/C16H15F4N5/c17-10-3-4-11-12(7-10)22-13(21-11)5-6-14-23-15(9-1-2-9)24-25(14)8-16(18,19)20/h3-4,7,9H,1-2,5-6,8H2,(H,21,22). The zero-order chi connectivity index (χ0) is 17.6. The van der Waals surface area contributed by atoms with Gasteiger partial charge in [-0.05, 0) is 31.0 Å². The van der Waals surface area contributed by atoms with E-state index in [-0.39, 0.29) is 18.2 Å². The third kappa shape index (κ3) is 3.64. The summed E-state index contributed by atoms with van der Waals surface area (Å²) in [5, 5.41) is 4.03. The number of halogens is 4. The molecular formula is C16H15F4N5. The number of imidazole rings is 1. The molecule has 2 aromatic heterocycles. The number of hydrogen-bond acceptors (Lipinski definition) is 3. The average Bonchev–Trinajstić information content (AvgIpc) is 3.18. The molecule has 5 nitrogen and oxygen atoms in total. The molecule has 2 heterocycles. The first kappa shape index (κ1) is 16.0. The lowest BCUT2D eigenvalue weighted by atomic mass is 10.3. The van der Waals surface area contributed by atoms with Crippen LogP contribution in [0.3, 0.4) is 0 Å². The molecule has 0 aliphatic heterocycles. The second-order valence-corrected chi connectivity index (χ2v) is 6.28. The van der Waals surface area contributed by atoms with Crippen molar-refractivity contribution in [1.82, 2.24) is 24.7 Å². The number of aromatic nitrogens is 5. The molecular weight excluding hydrogens is 338 g/mol. The molecule has 0 bridgehead atoms. The SMILES string of the molecule is Fc1ccc2nc(CCc3nc(C4CC4)nn3CC(F)(F)F)[nH]c2c1. The highest BCUT2D eigenvalue weighted by molar-refractivity contribution is 5.74. The fourth-order valence-corrected chi connectivity index (χ4v) is 2.77. The van der Waals surface area contributed by atoms with Crippen LogP contribution in [0.2, 0.25) is 0 Å². The summed E-state index contributed by atoms with van der Waals surface area (Å²) in [4.78, 5) is 11.6. The van der Waals surface area contributed by atoms with Gasteiger partial charge in [0.1, 0.15) is 24.0 Å². The van der Waals surface area contributed by atoms with Crippen molar-refractivity contribution in [1.29, 1.82) is 0 Å². The molecule has 1 aromatic carbocycles. The van der Waals surface area contributed by atoms with Crippen molar-refractivity contribution in [2.45, 2.75) is 44.3 Å². The van der Waals surface area contributed by atoms with Crippen molar-refractivity contribution in [2.75, 3.05) is 0 Å². The van der Waals surface area contributed by atoms with Crippen molar-refractivity contribution in [3.63, 3.8) is 0 Å². The Morgan fingerprint density at radius 3 is 2.68 bits per heavy atom. The summed E-state index contributed by atoms with van der Waals surface area (Å²) in [6.45, 7) is -1.15. The van der Waals surface area contributed by atoms with Gasteiger partial charge in [-0.2, -0.15) is 18.3 Å². The van der Waals surface area contributed by atoms with Crippen molar-refractivity contribution in [2.24, 2.45) is 0 Å². The van der Waals surface area contributed by atoms with Gasteiger partial charge in [0.05, 0.1) is 11.0 Å². The van der Waals surface area contributed by atoms with Crippen LogP contribution in [0.15, 0.2) is 18.2 Å². The maximum absolute atomic E-state index is 13.2. The quantitative estimate of drug-likeness (QED) is 0.714. The number of hydrogen-bond donors (Lipinski definition) is 1. The molecule has 1 aliphatic carbocycles. The number of aromatic amines is 1. The Balaban J connectivity index is 1.54. The number of H-pyrrole nitrogens is 1. The molecule has 0 unspecified atom stereocenters. The van der Waals surface area contributed by atoms with E-state index in [4.69, 9.17) is 0 Å². The average molecular weight is 353 g/mol. The molecule has 3 aromatic rings. The number of alkyl halides is 3. The van der Waals surface area contributed by atoms with Crippen LogP contribution in [-0.4, -0.2) is 30.9 Å². The van der Waals surface area contributed by atoms with Crippen LogP contribution in [0.1, 0.15) is 36.2 Å². The molecule has 4 rings (SSSR count). The van der Waals surface area contributed by atoms with E-state index < -0.39 is 12.7 Å². The van der Waals surface area contributed by atoms with E-state index in [1.807, 2.05) is 0 Å². The van der Waals surface area contributed by atoms with Crippen LogP contribution >= 0.6 is 0 Å². The van der Waals surface area contributed by atoms with Crippen LogP contribution < -0.4 is 0 Å². The van der Waals surface area contributed by atoms with Gasteiger partial charge in [-0.1, -0.05) is 0 Å². The first-order chi connectivity index (χ1) is 11.9. The number of nitrogens with zero attached hydrogens (tertiary/aromatic N) is 4. The van der Waals surface area contributed by atoms with Gasteiger partial charge < -0.3 is 4.98 Å². The Bertz CT molecular complexity index is 907. The predicted molar refractivity (Wildman–Crippen MR) is 81.5 cm³/mol. The summed E-state index contributed by atoms with van der Waals surface area (Å²) in [5.74, 6) is 1.18. The Morgan fingerprint density at radius 1 is 1.16 bits per heavy atom. The molecule has 0 atom stereocenters. The molecule has 0 amide bonds. The van der Waals surface area contributed by atoms with Crippen molar-refractivity contribution >= 4 is 11.0 Å². The Hall–Kier alpha value is -2.45. The van der Waals surface area contributed by atoms with E-state index >= 15 is 0 Å². The Morgan fingerprint density at radius 2 is 1.96 bits per heavy atom. The number of nitrogens with one attached hydrogen (secondary N) is 1. The van der Waals surface area contributed by atoms with Gasteiger partial charge in [0.15, 0.2) is 5.82 Å². The minimum atomic E-state index is -4.35. The zero-order valence-electron chi connectivity index (χ0n) is 13.1. The van der Waals surface area contributed by atoms with Crippen LogP contribution in [0.25, 0.3) is 11.0 Å². The summed E-state index contributed by atoms with van der Waals surface area (Å²) in [7, 11) is 0. The summed E-state index contributed by atoms with van der Waals surface area (Å²) >= 11 is 0. The lowest BCUT2D eigenvalue weighted by Gasteiger charge is -2.08. The normalized spacial score (nSPS) is 15.2. The van der Waals surface area contributed by atoms with Gasteiger partial charge >= 0.3 is 6.18 Å². The topological polar surface area (TPSA) is 59.4 Å². The highest BCUT2D eigenvalue weighted by Gasteiger charge is 2.33. The summed E-state index contributed by atoms with van der Waals surface area (Å²) in [6.07, 6.45) is -1.86. The summed E-state index contributed by atoms with van der Waals surface area (Å²) < 4.78 is 52.4. The third-order valence-electron chi connectivity index (χ3n) is 4.11. The van der Waals surface area contributed by atoms with Gasteiger partial charge in [0.2, 0.25) is 0 Å². The van der Waals surface area contributed by atoms with Crippen molar-refractivity contribution in [3.8, 4) is 0 Å². The minimum Gasteiger partial charge on any atom is -0.342 e. The first-order valence-electron chi connectivity index (χ1n) is 8.02. The highest BCUT2D eigenvalue weighted by Crippen LogP contribution is 2.38. The lowest BCUT2D eigenvalue weighted by molar-refractivity contribution is -0.143. The summed E-state index contributed by atoms with van der Waals surface area (Å²) in [6, 6.07) is 4.21. The molecule has 1 N–H and O–H groups in total. The second kappa shape index (κ2) is 5.82. The summed E-state index contributed by atoms with van der Waals surface area (Å²) in [5.41, 5.74) is 1.18. The van der Waals surface area contributed by atoms with Gasteiger partial charge in [0.25, 0.3) is 0 Å². The van der Waals surface area contributed by atoms with E-state index in [1.165, 1.54) is 12.1 Å². The van der Waals surface area contributed by atoms with Crippen LogP contribution in [0.4, 0.5) is 17.6 Å². The number of benzene rings is 1. The van der Waals surface area contributed by atoms with Crippen LogP contribution in [0.5, 0.6) is 0 Å². The third-order valence-corrected chi connectivity index (χ3v) is 4.11. The van der Waals surface area contributed by atoms with E-state index in [1.54, 1.807) is 6.07 Å². The highest BCUT2D eigenvalue weighted by atomic mass is 19.4. The van der Waals surface area contributed by atoms with Crippen LogP contribution in [0, 0.1) is 5.82 Å². The molecule has 0 spiro atoms. The van der Waals surface area contributed by atoms with E-state index in [2.05, 4.69) is 20.1 Å². The molecule has 0 saturated heterocycles. The maximum atomic E-state index is 13.2. The first-order valence-corrected chi connectivity index (χ1v) is 8.02. The zero-order valence-corrected chi connectivity index (χ0v) is 13.1. The largest absolute Gasteiger partial charge is 0.408 e. The van der Waals surface area contributed by atoms with Crippen molar-refractivity contribution in [3.05, 3.63) is 41.5 Å². The molecule has 1 aliphatic rings. The lowest BCUT2D eigenvalue weighted by Crippen LogP contribution is -2.21. The van der Waals surface area contributed by atoms with E-state index in [9.17, 15) is 17.6 Å². The van der Waals surface area contributed by atoms with Crippen LogP contribution in [-0.2, 0) is 19.4 Å². The molecule has 25 heavy (non-hydrogen) atoms. The number of fused-ring (bicyclic) bond motifs is 1. The maximum Gasteiger partial charge on any atom is 0.408 e. The molecule has 132 valence electrons. The monoisotopic (exact) mass is 353 g/mol. The number of aryl methyl sites for hydroxylation is 2. The van der Waals surface area contributed by atoms with E-state index in [0.29, 0.717) is 34.9 Å². The Kier molecular flexibility index (Phi) is 3.73. The van der Waals surface area contributed by atoms with Gasteiger partial charge in [-0.25, -0.2) is 19.0 Å². The van der Waals surface area contributed by atoms with Gasteiger partial charge in [-0.15, -0.1) is 0 Å². The number of rotatable bonds is 5. The fraction of sp³-hybridized carbons (Fsp3) is 0.438. The minimum absolute atomic E-state index is 0.183. The molecule has 0 radical (unpaired) electrons. The van der Waals surface area contributed by atoms with Gasteiger partial charge in [-0.3, -0.25) is 0 Å². The van der Waals surface area contributed by atoms with E-state index in [0.717, 1.165) is 17.5 Å². The second-order valence-electron chi connectivity index (χ2n) is 6.28. The fourth-order valence-electron chi connectivity index (χ4n) is 2.77. The molecule has 1 saturated carbocycles. The predicted octanol–water partition coefficient (Wildman–Crippen LogP) is 3.52. The molecule has 9 heteroatoms. The van der Waals surface area contributed by atoms with Crippen molar-refractivity contribution < 1.29 is 17.6 Å². The molecule has 1 fully saturated rings. The van der Waals surface area contributed by atoms with Gasteiger partial charge in [0, 0.05) is 18.8 Å². The smallest absolute Gasteiger partial charge is 0.342 e. The Labute approximate surface area is 140 Å².